The van der Waals surface area contributed by atoms with Crippen molar-refractivity contribution in [2.45, 2.75) is 25.7 Å². The fourth-order valence-electron chi connectivity index (χ4n) is 4.14. The molecule has 1 fully saturated rings. The molecule has 0 atom stereocenters. The molecule has 8 heteroatoms. The van der Waals surface area contributed by atoms with E-state index in [4.69, 9.17) is 9.84 Å². The first-order valence-electron chi connectivity index (χ1n) is 10.5. The molecular formula is C23H28N4O3S. The summed E-state index contributed by atoms with van der Waals surface area (Å²) in [6.07, 6.45) is 0. The zero-order chi connectivity index (χ0) is 22.0. The van der Waals surface area contributed by atoms with E-state index in [1.165, 1.54) is 0 Å². The summed E-state index contributed by atoms with van der Waals surface area (Å²) in [5, 5.41) is 4.73. The molecule has 0 radical (unpaired) electrons. The Hall–Kier alpha value is -2.84. The second-order valence-corrected chi connectivity index (χ2v) is 9.44. The maximum atomic E-state index is 13.3. The van der Waals surface area contributed by atoms with Crippen molar-refractivity contribution in [2.24, 2.45) is 0 Å². The summed E-state index contributed by atoms with van der Waals surface area (Å²) in [6.45, 7) is 8.38. The summed E-state index contributed by atoms with van der Waals surface area (Å²) in [7, 11) is -3.62. The average Bonchev–Trinajstić information content (AvgIpc) is 3.09. The Morgan fingerprint density at radius 3 is 2.26 bits per heavy atom. The third-order valence-corrected chi connectivity index (χ3v) is 7.51. The van der Waals surface area contributed by atoms with E-state index in [-0.39, 0.29) is 4.90 Å². The first kappa shape index (κ1) is 21.4. The number of anilines is 1. The predicted molar refractivity (Wildman–Crippen MR) is 122 cm³/mol. The van der Waals surface area contributed by atoms with Crippen molar-refractivity contribution >= 4 is 15.7 Å². The molecule has 0 N–H and O–H groups in total. The zero-order valence-electron chi connectivity index (χ0n) is 18.2. The van der Waals surface area contributed by atoms with Gasteiger partial charge in [0.2, 0.25) is 10.0 Å². The summed E-state index contributed by atoms with van der Waals surface area (Å²) >= 11 is 0. The van der Waals surface area contributed by atoms with Gasteiger partial charge in [-0.3, -0.25) is 0 Å². The number of rotatable bonds is 6. The van der Waals surface area contributed by atoms with Crippen molar-refractivity contribution in [3.8, 4) is 11.4 Å². The summed E-state index contributed by atoms with van der Waals surface area (Å²) in [5.74, 6) is 0.406. The molecule has 1 aliphatic heterocycles. The number of benzene rings is 2. The highest BCUT2D eigenvalue weighted by atomic mass is 32.2. The Morgan fingerprint density at radius 2 is 1.58 bits per heavy atom. The largest absolute Gasteiger partial charge is 0.492 e. The van der Waals surface area contributed by atoms with E-state index >= 15 is 0 Å². The zero-order valence-corrected chi connectivity index (χ0v) is 19.0. The van der Waals surface area contributed by atoms with Crippen molar-refractivity contribution in [2.75, 3.05) is 37.7 Å². The second kappa shape index (κ2) is 8.72. The maximum absolute atomic E-state index is 13.3. The van der Waals surface area contributed by atoms with Gasteiger partial charge < -0.3 is 9.64 Å². The molecule has 0 saturated carbocycles. The molecule has 2 heterocycles. The fourth-order valence-corrected chi connectivity index (χ4v) is 5.70. The standard InChI is InChI=1S/C23H28N4O3S/c1-4-30-21-12-8-9-13-22(21)31(28,29)26-16-14-25(15-17-26)23-18(2)24-27(19(23)3)20-10-6-5-7-11-20/h5-13H,4,14-17H2,1-3H3. The topological polar surface area (TPSA) is 67.7 Å². The van der Waals surface area contributed by atoms with Gasteiger partial charge in [0.1, 0.15) is 10.6 Å². The Kier molecular flexibility index (Phi) is 6.02. The molecule has 0 aliphatic carbocycles. The summed E-state index contributed by atoms with van der Waals surface area (Å²) in [5.41, 5.74) is 4.10. The summed E-state index contributed by atoms with van der Waals surface area (Å²) in [6, 6.07) is 16.9. The lowest BCUT2D eigenvalue weighted by Gasteiger charge is -2.35. The lowest BCUT2D eigenvalue weighted by atomic mass is 10.2. The third kappa shape index (κ3) is 4.05. The highest BCUT2D eigenvalue weighted by molar-refractivity contribution is 7.89. The van der Waals surface area contributed by atoms with E-state index < -0.39 is 10.0 Å². The highest BCUT2D eigenvalue weighted by Gasteiger charge is 2.32. The van der Waals surface area contributed by atoms with Crippen LogP contribution in [0.2, 0.25) is 0 Å². The molecule has 7 nitrogen and oxygen atoms in total. The van der Waals surface area contributed by atoms with E-state index in [2.05, 4.69) is 11.8 Å². The molecule has 4 rings (SSSR count). The van der Waals surface area contributed by atoms with Gasteiger partial charge in [-0.15, -0.1) is 0 Å². The molecule has 1 aliphatic rings. The molecule has 164 valence electrons. The molecule has 0 amide bonds. The number of ether oxygens (including phenoxy) is 1. The lowest BCUT2D eigenvalue weighted by Crippen LogP contribution is -2.49. The van der Waals surface area contributed by atoms with Crippen LogP contribution in [0.1, 0.15) is 18.3 Å². The van der Waals surface area contributed by atoms with Crippen LogP contribution in [0, 0.1) is 13.8 Å². The minimum atomic E-state index is -3.62. The van der Waals surface area contributed by atoms with Gasteiger partial charge in [0.15, 0.2) is 0 Å². The summed E-state index contributed by atoms with van der Waals surface area (Å²) < 4.78 is 35.6. The maximum Gasteiger partial charge on any atom is 0.246 e. The number of para-hydroxylation sites is 2. The number of aryl methyl sites for hydroxylation is 1. The number of nitrogens with zero attached hydrogens (tertiary/aromatic N) is 4. The number of piperazine rings is 1. The number of hydrogen-bond donors (Lipinski definition) is 0. The highest BCUT2D eigenvalue weighted by Crippen LogP contribution is 2.30. The van der Waals surface area contributed by atoms with Gasteiger partial charge in [0.05, 0.1) is 29.4 Å². The molecular weight excluding hydrogens is 412 g/mol. The fraction of sp³-hybridized carbons (Fsp3) is 0.348. The smallest absolute Gasteiger partial charge is 0.246 e. The quantitative estimate of drug-likeness (QED) is 0.588. The Bertz CT molecular complexity index is 1150. The molecule has 31 heavy (non-hydrogen) atoms. The molecule has 0 bridgehead atoms. The SMILES string of the molecule is CCOc1ccccc1S(=O)(=O)N1CCN(c2c(C)nn(-c3ccccc3)c2C)CC1. The van der Waals surface area contributed by atoms with Gasteiger partial charge in [0, 0.05) is 26.2 Å². The van der Waals surface area contributed by atoms with Crippen LogP contribution in [-0.4, -0.2) is 55.3 Å². The number of sulfonamides is 1. The van der Waals surface area contributed by atoms with Crippen LogP contribution in [0.5, 0.6) is 5.75 Å². The van der Waals surface area contributed by atoms with Gasteiger partial charge in [0.25, 0.3) is 0 Å². The summed E-state index contributed by atoms with van der Waals surface area (Å²) in [4.78, 5) is 2.46. The molecule has 0 spiro atoms. The van der Waals surface area contributed by atoms with Gasteiger partial charge in [-0.1, -0.05) is 30.3 Å². The second-order valence-electron chi connectivity index (χ2n) is 7.54. The first-order valence-corrected chi connectivity index (χ1v) is 12.0. The van der Waals surface area contributed by atoms with Crippen molar-refractivity contribution in [3.63, 3.8) is 0 Å². The Balaban J connectivity index is 1.54. The third-order valence-electron chi connectivity index (χ3n) is 5.58. The first-order chi connectivity index (χ1) is 14.9. The van der Waals surface area contributed by atoms with Crippen LogP contribution in [0.15, 0.2) is 59.5 Å². The van der Waals surface area contributed by atoms with E-state index in [0.717, 1.165) is 22.8 Å². The lowest BCUT2D eigenvalue weighted by molar-refractivity contribution is 0.327. The van der Waals surface area contributed by atoms with Crippen LogP contribution in [0.4, 0.5) is 5.69 Å². The van der Waals surface area contributed by atoms with Crippen LogP contribution >= 0.6 is 0 Å². The minimum Gasteiger partial charge on any atom is -0.492 e. The minimum absolute atomic E-state index is 0.231. The normalized spacial score (nSPS) is 15.3. The van der Waals surface area contributed by atoms with E-state index in [1.54, 1.807) is 28.6 Å². The predicted octanol–water partition coefficient (Wildman–Crippen LogP) is 3.40. The molecule has 2 aromatic carbocycles. The number of aromatic nitrogens is 2. The van der Waals surface area contributed by atoms with Crippen molar-refractivity contribution in [1.29, 1.82) is 0 Å². The van der Waals surface area contributed by atoms with Gasteiger partial charge >= 0.3 is 0 Å². The Labute approximate surface area is 183 Å². The van der Waals surface area contributed by atoms with Crippen molar-refractivity contribution in [1.82, 2.24) is 14.1 Å². The number of hydrogen-bond acceptors (Lipinski definition) is 5. The van der Waals surface area contributed by atoms with Gasteiger partial charge in [-0.05, 0) is 45.0 Å². The van der Waals surface area contributed by atoms with Gasteiger partial charge in [-0.25, -0.2) is 13.1 Å². The molecule has 1 saturated heterocycles. The van der Waals surface area contributed by atoms with Crippen LogP contribution in [0.3, 0.4) is 0 Å². The Morgan fingerprint density at radius 1 is 0.935 bits per heavy atom. The monoisotopic (exact) mass is 440 g/mol. The van der Waals surface area contributed by atoms with E-state index in [0.29, 0.717) is 38.5 Å². The molecule has 3 aromatic rings. The van der Waals surface area contributed by atoms with Gasteiger partial charge in [-0.2, -0.15) is 9.40 Å². The van der Waals surface area contributed by atoms with Crippen LogP contribution < -0.4 is 9.64 Å². The van der Waals surface area contributed by atoms with Crippen molar-refractivity contribution in [3.05, 3.63) is 66.0 Å². The van der Waals surface area contributed by atoms with Crippen LogP contribution in [-0.2, 0) is 10.0 Å². The average molecular weight is 441 g/mol. The van der Waals surface area contributed by atoms with Crippen molar-refractivity contribution < 1.29 is 13.2 Å². The van der Waals surface area contributed by atoms with Crippen LogP contribution in [0.25, 0.3) is 5.69 Å². The molecule has 1 aromatic heterocycles. The molecule has 0 unspecified atom stereocenters. The van der Waals surface area contributed by atoms with E-state index in [9.17, 15) is 8.42 Å². The van der Waals surface area contributed by atoms with E-state index in [1.807, 2.05) is 48.9 Å².